The van der Waals surface area contributed by atoms with Crippen LogP contribution >= 0.6 is 11.8 Å². The fraction of sp³-hybridized carbons (Fsp3) is 0.389. The van der Waals surface area contributed by atoms with Gasteiger partial charge in [0.05, 0.1) is 11.7 Å². The van der Waals surface area contributed by atoms with Gasteiger partial charge in [0, 0.05) is 23.4 Å². The predicted molar refractivity (Wildman–Crippen MR) is 94.7 cm³/mol. The highest BCUT2D eigenvalue weighted by molar-refractivity contribution is 7.99. The highest BCUT2D eigenvalue weighted by Crippen LogP contribution is 2.34. The SMILES string of the molecule is Cc1ccc(NC(=O)CC2CSc3nc4c(c(=O)n32)CCC4)cc1F. The number of thioether (sulfide) groups is 1. The molecule has 1 aromatic carbocycles. The van der Waals surface area contributed by atoms with Crippen molar-refractivity contribution in [3.8, 4) is 0 Å². The number of halogens is 1. The van der Waals surface area contributed by atoms with Gasteiger partial charge in [-0.3, -0.25) is 14.2 Å². The van der Waals surface area contributed by atoms with Crippen LogP contribution in [0.4, 0.5) is 10.1 Å². The number of fused-ring (bicyclic) bond motifs is 2. The molecule has 0 saturated carbocycles. The van der Waals surface area contributed by atoms with Gasteiger partial charge >= 0.3 is 0 Å². The van der Waals surface area contributed by atoms with Crippen molar-refractivity contribution in [2.75, 3.05) is 11.1 Å². The second kappa shape index (κ2) is 6.29. The zero-order valence-electron chi connectivity index (χ0n) is 13.8. The Morgan fingerprint density at radius 3 is 3.08 bits per heavy atom. The molecule has 1 aromatic heterocycles. The number of carbonyl (C=O) groups is 1. The molecule has 0 bridgehead atoms. The minimum Gasteiger partial charge on any atom is -0.326 e. The molecule has 2 heterocycles. The number of amides is 1. The number of benzene rings is 1. The van der Waals surface area contributed by atoms with Crippen LogP contribution in [-0.2, 0) is 17.6 Å². The lowest BCUT2D eigenvalue weighted by atomic mass is 10.2. The molecule has 0 saturated heterocycles. The average molecular weight is 359 g/mol. The molecule has 1 N–H and O–H groups in total. The van der Waals surface area contributed by atoms with Gasteiger partial charge < -0.3 is 5.32 Å². The van der Waals surface area contributed by atoms with Crippen molar-refractivity contribution in [2.24, 2.45) is 0 Å². The lowest BCUT2D eigenvalue weighted by Crippen LogP contribution is -2.30. The van der Waals surface area contributed by atoms with Gasteiger partial charge in [-0.05, 0) is 43.9 Å². The monoisotopic (exact) mass is 359 g/mol. The molecule has 7 heteroatoms. The Labute approximate surface area is 148 Å². The van der Waals surface area contributed by atoms with Crippen LogP contribution < -0.4 is 10.9 Å². The molecule has 0 radical (unpaired) electrons. The van der Waals surface area contributed by atoms with Crippen LogP contribution in [0.25, 0.3) is 0 Å². The molecule has 0 spiro atoms. The summed E-state index contributed by atoms with van der Waals surface area (Å²) in [5, 5.41) is 3.43. The Kier molecular flexibility index (Phi) is 4.11. The Morgan fingerprint density at radius 2 is 2.28 bits per heavy atom. The number of rotatable bonds is 3. The Bertz CT molecular complexity index is 925. The van der Waals surface area contributed by atoms with Crippen molar-refractivity contribution < 1.29 is 9.18 Å². The Balaban J connectivity index is 1.52. The molecule has 1 aliphatic carbocycles. The molecule has 0 fully saturated rings. The van der Waals surface area contributed by atoms with Crippen LogP contribution in [0.15, 0.2) is 28.2 Å². The molecule has 1 amide bonds. The fourth-order valence-corrected chi connectivity index (χ4v) is 4.55. The average Bonchev–Trinajstić information content (AvgIpc) is 3.19. The van der Waals surface area contributed by atoms with E-state index in [-0.39, 0.29) is 29.7 Å². The van der Waals surface area contributed by atoms with E-state index in [0.717, 1.165) is 30.5 Å². The van der Waals surface area contributed by atoms with Crippen LogP contribution in [0, 0.1) is 12.7 Å². The summed E-state index contributed by atoms with van der Waals surface area (Å²) >= 11 is 1.52. The van der Waals surface area contributed by atoms with Crippen LogP contribution in [-0.4, -0.2) is 21.2 Å². The van der Waals surface area contributed by atoms with Crippen molar-refractivity contribution in [3.05, 3.63) is 51.2 Å². The lowest BCUT2D eigenvalue weighted by molar-refractivity contribution is -0.116. The third-order valence-corrected chi connectivity index (χ3v) is 5.85. The maximum Gasteiger partial charge on any atom is 0.257 e. The molecule has 25 heavy (non-hydrogen) atoms. The van der Waals surface area contributed by atoms with E-state index in [1.807, 2.05) is 0 Å². The van der Waals surface area contributed by atoms with E-state index in [4.69, 9.17) is 0 Å². The number of carbonyl (C=O) groups excluding carboxylic acids is 1. The summed E-state index contributed by atoms with van der Waals surface area (Å²) in [6.45, 7) is 1.67. The molecule has 5 nitrogen and oxygen atoms in total. The van der Waals surface area contributed by atoms with Gasteiger partial charge in [-0.15, -0.1) is 0 Å². The summed E-state index contributed by atoms with van der Waals surface area (Å²) in [5.74, 6) is 0.0746. The molecule has 2 aromatic rings. The zero-order valence-corrected chi connectivity index (χ0v) is 14.7. The normalized spacial score (nSPS) is 18.1. The number of hydrogen-bond donors (Lipinski definition) is 1. The second-order valence-electron chi connectivity index (χ2n) is 6.53. The minimum absolute atomic E-state index is 0.00156. The molecule has 1 aliphatic heterocycles. The van der Waals surface area contributed by atoms with Crippen molar-refractivity contribution >= 4 is 23.4 Å². The molecule has 1 atom stereocenters. The lowest BCUT2D eigenvalue weighted by Gasteiger charge is -2.14. The van der Waals surface area contributed by atoms with Crippen molar-refractivity contribution in [2.45, 2.75) is 43.8 Å². The number of aromatic nitrogens is 2. The molecular weight excluding hydrogens is 341 g/mol. The van der Waals surface area contributed by atoms with Gasteiger partial charge in [0.2, 0.25) is 5.91 Å². The van der Waals surface area contributed by atoms with Crippen molar-refractivity contribution in [3.63, 3.8) is 0 Å². The van der Waals surface area contributed by atoms with Gasteiger partial charge in [-0.1, -0.05) is 17.8 Å². The summed E-state index contributed by atoms with van der Waals surface area (Å²) in [6.07, 6.45) is 2.78. The zero-order chi connectivity index (χ0) is 17.6. The largest absolute Gasteiger partial charge is 0.326 e. The first kappa shape index (κ1) is 16.3. The first-order valence-electron chi connectivity index (χ1n) is 8.36. The standard InChI is InChI=1S/C18H18FN3O2S/c1-10-5-6-11(7-14(10)19)20-16(23)8-12-9-25-18-21-15-4-2-3-13(15)17(24)22(12)18/h5-7,12H,2-4,8-9H2,1H3,(H,20,23). The summed E-state index contributed by atoms with van der Waals surface area (Å²) in [5.41, 5.74) is 2.69. The number of aryl methyl sites for hydroxylation is 2. The van der Waals surface area contributed by atoms with Crippen molar-refractivity contribution in [1.82, 2.24) is 9.55 Å². The van der Waals surface area contributed by atoms with Gasteiger partial charge in [-0.25, -0.2) is 9.37 Å². The van der Waals surface area contributed by atoms with Crippen LogP contribution in [0.5, 0.6) is 0 Å². The van der Waals surface area contributed by atoms with E-state index in [1.54, 1.807) is 23.6 Å². The summed E-state index contributed by atoms with van der Waals surface area (Å²) in [4.78, 5) is 29.7. The van der Waals surface area contributed by atoms with E-state index in [9.17, 15) is 14.0 Å². The quantitative estimate of drug-likeness (QED) is 0.856. The van der Waals surface area contributed by atoms with Crippen LogP contribution in [0.1, 0.15) is 35.7 Å². The summed E-state index contributed by atoms with van der Waals surface area (Å²) < 4.78 is 15.3. The Morgan fingerprint density at radius 1 is 1.44 bits per heavy atom. The highest BCUT2D eigenvalue weighted by Gasteiger charge is 2.31. The van der Waals surface area contributed by atoms with E-state index < -0.39 is 0 Å². The summed E-state index contributed by atoms with van der Waals surface area (Å²) in [6, 6.07) is 4.41. The first-order chi connectivity index (χ1) is 12.0. The second-order valence-corrected chi connectivity index (χ2v) is 7.52. The van der Waals surface area contributed by atoms with Crippen molar-refractivity contribution in [1.29, 1.82) is 0 Å². The topological polar surface area (TPSA) is 64.0 Å². The number of nitrogens with one attached hydrogen (secondary N) is 1. The smallest absolute Gasteiger partial charge is 0.257 e. The third-order valence-electron chi connectivity index (χ3n) is 4.75. The molecule has 2 aliphatic rings. The van der Waals surface area contributed by atoms with Gasteiger partial charge in [0.25, 0.3) is 5.56 Å². The van der Waals surface area contributed by atoms with Crippen LogP contribution in [0.3, 0.4) is 0 Å². The molecule has 1 unspecified atom stereocenters. The van der Waals surface area contributed by atoms with Gasteiger partial charge in [0.15, 0.2) is 5.16 Å². The third kappa shape index (κ3) is 2.97. The maximum atomic E-state index is 13.6. The van der Waals surface area contributed by atoms with Gasteiger partial charge in [0.1, 0.15) is 5.82 Å². The number of nitrogens with zero attached hydrogens (tertiary/aromatic N) is 2. The number of hydrogen-bond acceptors (Lipinski definition) is 4. The Hall–Kier alpha value is -2.15. The van der Waals surface area contributed by atoms with E-state index in [2.05, 4.69) is 10.3 Å². The predicted octanol–water partition coefficient (Wildman–Crippen LogP) is 2.86. The molecular formula is C18H18FN3O2S. The number of anilines is 1. The molecule has 4 rings (SSSR count). The van der Waals surface area contributed by atoms with Crippen LogP contribution in [0.2, 0.25) is 0 Å². The van der Waals surface area contributed by atoms with Gasteiger partial charge in [-0.2, -0.15) is 0 Å². The van der Waals surface area contributed by atoms with E-state index >= 15 is 0 Å². The molecule has 130 valence electrons. The minimum atomic E-state index is -0.351. The summed E-state index contributed by atoms with van der Waals surface area (Å²) in [7, 11) is 0. The highest BCUT2D eigenvalue weighted by atomic mass is 32.2. The van der Waals surface area contributed by atoms with E-state index in [1.165, 1.54) is 17.8 Å². The maximum absolute atomic E-state index is 13.6. The fourth-order valence-electron chi connectivity index (χ4n) is 3.40. The first-order valence-corrected chi connectivity index (χ1v) is 9.34. The van der Waals surface area contributed by atoms with E-state index in [0.29, 0.717) is 22.2 Å².